The third kappa shape index (κ3) is 5.96. The van der Waals surface area contributed by atoms with E-state index in [0.717, 1.165) is 44.9 Å². The van der Waals surface area contributed by atoms with Crippen molar-refractivity contribution in [2.75, 3.05) is 4.90 Å². The van der Waals surface area contributed by atoms with Crippen molar-refractivity contribution in [1.29, 1.82) is 0 Å². The van der Waals surface area contributed by atoms with E-state index in [1.807, 2.05) is 0 Å². The molecule has 0 bridgehead atoms. The third-order valence-corrected chi connectivity index (χ3v) is 16.0. The monoisotopic (exact) mass is 751 g/mol. The molecule has 7 aliphatic carbocycles. The molecule has 2 heterocycles. The highest BCUT2D eigenvalue weighted by Gasteiger charge is 2.34. The van der Waals surface area contributed by atoms with Crippen molar-refractivity contribution in [1.82, 2.24) is 0 Å². The molecule has 4 atom stereocenters. The average Bonchev–Trinajstić information content (AvgIpc) is 3.84. The second kappa shape index (κ2) is 14.3. The Kier molecular flexibility index (Phi) is 8.85. The van der Waals surface area contributed by atoms with Crippen LogP contribution in [0.1, 0.15) is 92.2 Å². The lowest BCUT2D eigenvalue weighted by Crippen LogP contribution is -2.35. The minimum Gasteiger partial charge on any atom is -0.312 e. The highest BCUT2D eigenvalue weighted by atomic mass is 32.2. The van der Waals surface area contributed by atoms with Gasteiger partial charge in [0.05, 0.1) is 10.2 Å². The number of nitrogens with zero attached hydrogens (tertiary/aromatic N) is 1. The minimum atomic E-state index is 0.385. The summed E-state index contributed by atoms with van der Waals surface area (Å²) >= 11 is 4.17. The van der Waals surface area contributed by atoms with Gasteiger partial charge in [-0.25, -0.2) is 0 Å². The Bertz CT molecular complexity index is 2500. The minimum absolute atomic E-state index is 0.385. The van der Waals surface area contributed by atoms with Gasteiger partial charge in [0.2, 0.25) is 0 Å². The second-order valence-corrected chi connectivity index (χ2v) is 18.8. The van der Waals surface area contributed by atoms with Crippen LogP contribution >= 0.6 is 23.1 Å². The van der Waals surface area contributed by atoms with Crippen molar-refractivity contribution in [2.45, 2.75) is 87.2 Å². The van der Waals surface area contributed by atoms with Crippen molar-refractivity contribution in [3.8, 4) is 0 Å². The molecule has 0 amide bonds. The molecule has 274 valence electrons. The molecule has 1 aromatic heterocycles. The smallest absolute Gasteiger partial charge is 0.0547 e. The molecule has 0 spiro atoms. The van der Waals surface area contributed by atoms with E-state index in [1.165, 1.54) is 91.7 Å². The first-order valence-electron chi connectivity index (χ1n) is 21.0. The van der Waals surface area contributed by atoms with Crippen molar-refractivity contribution in [3.63, 3.8) is 0 Å². The zero-order valence-corrected chi connectivity index (χ0v) is 33.3. The predicted octanol–water partition coefficient (Wildman–Crippen LogP) is 12.7. The largest absolute Gasteiger partial charge is 0.312 e. The number of para-hydroxylation sites is 1. The zero-order chi connectivity index (χ0) is 36.3. The summed E-state index contributed by atoms with van der Waals surface area (Å²) in [7, 11) is 0. The van der Waals surface area contributed by atoms with E-state index in [-0.39, 0.29) is 0 Å². The van der Waals surface area contributed by atoms with Gasteiger partial charge in [-0.05, 0) is 145 Å². The molecule has 3 aromatic rings. The number of hydrogen-bond acceptors (Lipinski definition) is 3. The molecule has 4 unspecified atom stereocenters. The maximum atomic E-state index is 2.72. The van der Waals surface area contributed by atoms with Crippen LogP contribution in [0.5, 0.6) is 0 Å². The van der Waals surface area contributed by atoms with Gasteiger partial charge in [0.25, 0.3) is 0 Å². The molecule has 3 heteroatoms. The van der Waals surface area contributed by atoms with Crippen LogP contribution in [0.15, 0.2) is 143 Å². The average molecular weight is 752 g/mol. The fourth-order valence-corrected chi connectivity index (χ4v) is 13.6. The van der Waals surface area contributed by atoms with E-state index in [0.29, 0.717) is 23.0 Å². The molecule has 1 nitrogen and oxygen atoms in total. The quantitative estimate of drug-likeness (QED) is 0.231. The molecule has 8 aliphatic rings. The number of thioether (sulfide) groups is 1. The first kappa shape index (κ1) is 34.0. The summed E-state index contributed by atoms with van der Waals surface area (Å²) in [6.07, 6.45) is 46.2. The Morgan fingerprint density at radius 1 is 0.709 bits per heavy atom. The van der Waals surface area contributed by atoms with E-state index >= 15 is 0 Å². The number of anilines is 1. The number of allylic oxidation sites excluding steroid dienone is 16. The molecule has 0 saturated carbocycles. The van der Waals surface area contributed by atoms with Crippen molar-refractivity contribution < 1.29 is 0 Å². The maximum Gasteiger partial charge on any atom is 0.0547 e. The van der Waals surface area contributed by atoms with Gasteiger partial charge in [0, 0.05) is 43.8 Å². The molecule has 55 heavy (non-hydrogen) atoms. The van der Waals surface area contributed by atoms with Crippen molar-refractivity contribution in [2.24, 2.45) is 17.8 Å². The molecule has 11 rings (SSSR count). The molecule has 0 radical (unpaired) electrons. The summed E-state index contributed by atoms with van der Waals surface area (Å²) in [5.74, 6) is 1.57. The number of rotatable bonds is 6. The van der Waals surface area contributed by atoms with E-state index in [1.54, 1.807) is 21.6 Å². The lowest BCUT2D eigenvalue weighted by Gasteiger charge is -2.35. The predicted molar refractivity (Wildman–Crippen MR) is 237 cm³/mol. The van der Waals surface area contributed by atoms with E-state index in [4.69, 9.17) is 0 Å². The Morgan fingerprint density at radius 2 is 1.62 bits per heavy atom. The summed E-state index contributed by atoms with van der Waals surface area (Å²) in [5, 5.41) is 2.08. The molecule has 0 N–H and O–H groups in total. The number of thiophene rings is 1. The van der Waals surface area contributed by atoms with Crippen LogP contribution in [0.25, 0.3) is 28.5 Å². The Morgan fingerprint density at radius 3 is 2.53 bits per heavy atom. The van der Waals surface area contributed by atoms with Gasteiger partial charge in [-0.1, -0.05) is 109 Å². The van der Waals surface area contributed by atoms with Crippen molar-refractivity contribution in [3.05, 3.63) is 170 Å². The topological polar surface area (TPSA) is 3.24 Å². The van der Waals surface area contributed by atoms with Gasteiger partial charge >= 0.3 is 0 Å². The standard InChI is InChI=1S/C52H49NS2/c1-2-14-35(15-3-1)42-20-10-21-43-44-22-11-24-47(52(44)55-51(42)43)53(46-23-8-6-17-40(46)38-28-27-34-13-4-5-16-37(34)33-38)39-31-29-36(30-32-39)41-19-12-26-49-50(41)45-18-7-9-25-48(45)54-49/h2,4,6-9,12-14,17-20,22-23,25,27-29,31-32,35-37,49H,1,3,5,10-11,15-16,21,24,26,30,33H2. The molecular formula is C52H49NS2. The van der Waals surface area contributed by atoms with Crippen molar-refractivity contribution >= 4 is 57.3 Å². The molecule has 0 saturated heterocycles. The highest BCUT2D eigenvalue weighted by Crippen LogP contribution is 2.52. The summed E-state index contributed by atoms with van der Waals surface area (Å²) in [6.45, 7) is 0. The summed E-state index contributed by atoms with van der Waals surface area (Å²) < 4.78 is 1.51. The van der Waals surface area contributed by atoms with Crippen LogP contribution in [0.4, 0.5) is 5.69 Å². The van der Waals surface area contributed by atoms with Gasteiger partial charge in [0.1, 0.15) is 0 Å². The van der Waals surface area contributed by atoms with Crippen LogP contribution in [0.2, 0.25) is 0 Å². The van der Waals surface area contributed by atoms with Gasteiger partial charge in [-0.15, -0.1) is 23.1 Å². The fraction of sp³-hybridized carbons (Fsp3) is 0.308. The number of benzene rings is 2. The Labute approximate surface area is 335 Å². The second-order valence-electron chi connectivity index (χ2n) is 16.5. The van der Waals surface area contributed by atoms with Crippen LogP contribution < -0.4 is 14.7 Å². The van der Waals surface area contributed by atoms with Gasteiger partial charge in [-0.3, -0.25) is 0 Å². The van der Waals surface area contributed by atoms with Gasteiger partial charge in [-0.2, -0.15) is 0 Å². The summed E-state index contributed by atoms with van der Waals surface area (Å²) in [5.41, 5.74) is 16.3. The molecule has 1 aliphatic heterocycles. The Balaban J connectivity index is 1.05. The summed E-state index contributed by atoms with van der Waals surface area (Å²) in [4.78, 5) is 5.74. The molecule has 2 aromatic carbocycles. The van der Waals surface area contributed by atoms with Crippen LogP contribution in [-0.4, -0.2) is 5.25 Å². The van der Waals surface area contributed by atoms with E-state index in [9.17, 15) is 0 Å². The molecular weight excluding hydrogens is 703 g/mol. The maximum absolute atomic E-state index is 2.72. The first-order chi connectivity index (χ1) is 27.3. The van der Waals surface area contributed by atoms with E-state index < -0.39 is 0 Å². The first-order valence-corrected chi connectivity index (χ1v) is 22.7. The fourth-order valence-electron chi connectivity index (χ4n) is 10.7. The van der Waals surface area contributed by atoms with Gasteiger partial charge < -0.3 is 4.90 Å². The zero-order valence-electron chi connectivity index (χ0n) is 31.7. The normalized spacial score (nSPS) is 26.1. The van der Waals surface area contributed by atoms with Gasteiger partial charge in [0.15, 0.2) is 0 Å². The SMILES string of the molecule is C1=CC(C2=CCCc3c2sc2c3=CCCC=2N(C2=CCC(C3=C4c5ccccc5SC4CC=C3)C=C2)c2ccccc2C2=CC=C3C=CCCC3C2)CCC1. The number of fused-ring (bicyclic) bond motifs is 7. The van der Waals surface area contributed by atoms with E-state index in [2.05, 4.69) is 156 Å². The number of hydrogen-bond donors (Lipinski definition) is 0. The van der Waals surface area contributed by atoms with Crippen LogP contribution in [-0.2, 0) is 6.42 Å². The van der Waals surface area contributed by atoms with Crippen LogP contribution in [0.3, 0.4) is 0 Å². The Hall–Kier alpha value is -4.31. The third-order valence-electron chi connectivity index (χ3n) is 13.3. The lowest BCUT2D eigenvalue weighted by atomic mass is 9.79. The van der Waals surface area contributed by atoms with Crippen LogP contribution in [0, 0.1) is 17.8 Å². The summed E-state index contributed by atoms with van der Waals surface area (Å²) in [6, 6.07) is 18.4. The highest BCUT2D eigenvalue weighted by molar-refractivity contribution is 8.00. The molecule has 0 fully saturated rings. The lowest BCUT2D eigenvalue weighted by molar-refractivity contribution is 0.573.